The summed E-state index contributed by atoms with van der Waals surface area (Å²) in [6.45, 7) is 1.67. The molecule has 0 amide bonds. The number of benzene rings is 1. The monoisotopic (exact) mass is 278 g/mol. The lowest BCUT2D eigenvalue weighted by atomic mass is 10.0. The molecule has 0 saturated carbocycles. The number of likely N-dealkylation sites (N-methyl/N-ethyl adjacent to an activating group) is 1. The van der Waals surface area contributed by atoms with Crippen LogP contribution in [0.4, 0.5) is 0 Å². The lowest BCUT2D eigenvalue weighted by Gasteiger charge is -2.17. The molecule has 2 N–H and O–H groups in total. The maximum atomic E-state index is 6.31. The summed E-state index contributed by atoms with van der Waals surface area (Å²) in [7, 11) is 4.06. The number of aromatic nitrogens is 2. The van der Waals surface area contributed by atoms with E-state index in [0.717, 1.165) is 24.3 Å². The third kappa shape index (κ3) is 3.35. The highest BCUT2D eigenvalue weighted by molar-refractivity contribution is 6.31. The van der Waals surface area contributed by atoms with Crippen molar-refractivity contribution in [1.82, 2.24) is 14.7 Å². The van der Waals surface area contributed by atoms with Crippen LogP contribution in [-0.4, -0.2) is 35.3 Å². The molecule has 102 valence electrons. The molecule has 1 aromatic heterocycles. The van der Waals surface area contributed by atoms with E-state index >= 15 is 0 Å². The predicted octanol–water partition coefficient (Wildman–Crippen LogP) is 2.15. The van der Waals surface area contributed by atoms with E-state index in [0.29, 0.717) is 5.02 Å². The van der Waals surface area contributed by atoms with E-state index in [1.54, 1.807) is 6.20 Å². The zero-order valence-corrected chi connectivity index (χ0v) is 12.0. The minimum Gasteiger partial charge on any atom is -0.319 e. The van der Waals surface area contributed by atoms with Gasteiger partial charge in [0.1, 0.15) is 0 Å². The number of nitrogens with two attached hydrogens (primary N) is 1. The van der Waals surface area contributed by atoms with Gasteiger partial charge in [0.2, 0.25) is 0 Å². The summed E-state index contributed by atoms with van der Waals surface area (Å²) in [6.07, 6.45) is 1.66. The van der Waals surface area contributed by atoms with Crippen LogP contribution >= 0.6 is 11.6 Å². The van der Waals surface area contributed by atoms with Crippen molar-refractivity contribution in [2.24, 2.45) is 5.73 Å². The van der Waals surface area contributed by atoms with Crippen LogP contribution in [0.25, 0.3) is 0 Å². The number of hydrogen-bond donors (Lipinski definition) is 1. The molecule has 1 unspecified atom stereocenters. The largest absolute Gasteiger partial charge is 0.319 e. The molecular formula is C14H19ClN4. The lowest BCUT2D eigenvalue weighted by Crippen LogP contribution is -2.23. The van der Waals surface area contributed by atoms with Crippen molar-refractivity contribution in [3.8, 4) is 0 Å². The van der Waals surface area contributed by atoms with Crippen LogP contribution in [0.5, 0.6) is 0 Å². The van der Waals surface area contributed by atoms with E-state index in [9.17, 15) is 0 Å². The molecule has 0 bridgehead atoms. The highest BCUT2D eigenvalue weighted by Crippen LogP contribution is 2.26. The summed E-state index contributed by atoms with van der Waals surface area (Å²) < 4.78 is 1.89. The van der Waals surface area contributed by atoms with Crippen molar-refractivity contribution >= 4 is 11.6 Å². The second-order valence-corrected chi connectivity index (χ2v) is 5.20. The molecule has 2 aromatic rings. The van der Waals surface area contributed by atoms with Crippen molar-refractivity contribution in [2.75, 3.05) is 20.6 Å². The summed E-state index contributed by atoms with van der Waals surface area (Å²) in [5.41, 5.74) is 8.22. The van der Waals surface area contributed by atoms with Gasteiger partial charge in [-0.05, 0) is 19.7 Å². The van der Waals surface area contributed by atoms with Gasteiger partial charge in [0, 0.05) is 6.54 Å². The molecule has 0 saturated heterocycles. The maximum absolute atomic E-state index is 6.31. The molecule has 5 heteroatoms. The van der Waals surface area contributed by atoms with Crippen LogP contribution in [0, 0.1) is 0 Å². The Hall–Kier alpha value is -1.36. The van der Waals surface area contributed by atoms with Crippen molar-refractivity contribution in [3.05, 3.63) is 52.8 Å². The summed E-state index contributed by atoms with van der Waals surface area (Å²) in [4.78, 5) is 2.10. The van der Waals surface area contributed by atoms with E-state index < -0.39 is 0 Å². The zero-order valence-electron chi connectivity index (χ0n) is 11.3. The van der Waals surface area contributed by atoms with Gasteiger partial charge in [-0.3, -0.25) is 4.68 Å². The molecule has 0 spiro atoms. The van der Waals surface area contributed by atoms with Gasteiger partial charge in [0.25, 0.3) is 0 Å². The summed E-state index contributed by atoms with van der Waals surface area (Å²) in [5.74, 6) is 0. The van der Waals surface area contributed by atoms with E-state index in [1.807, 2.05) is 49.1 Å². The normalized spacial score (nSPS) is 12.9. The van der Waals surface area contributed by atoms with Gasteiger partial charge in [-0.1, -0.05) is 41.9 Å². The molecule has 0 aliphatic heterocycles. The number of nitrogens with zero attached hydrogens (tertiary/aromatic N) is 3. The molecule has 0 fully saturated rings. The van der Waals surface area contributed by atoms with Gasteiger partial charge in [0.05, 0.1) is 29.5 Å². The fourth-order valence-electron chi connectivity index (χ4n) is 1.97. The van der Waals surface area contributed by atoms with Crippen molar-refractivity contribution in [3.63, 3.8) is 0 Å². The topological polar surface area (TPSA) is 47.1 Å². The van der Waals surface area contributed by atoms with E-state index in [1.165, 1.54) is 0 Å². The second kappa shape index (κ2) is 6.19. The molecular weight excluding hydrogens is 260 g/mol. The first-order chi connectivity index (χ1) is 9.09. The molecule has 0 aliphatic rings. The quantitative estimate of drug-likeness (QED) is 0.912. The Bertz CT molecular complexity index is 521. The Morgan fingerprint density at radius 2 is 2.00 bits per heavy atom. The Morgan fingerprint density at radius 1 is 1.32 bits per heavy atom. The molecule has 1 aromatic carbocycles. The third-order valence-corrected chi connectivity index (χ3v) is 3.34. The van der Waals surface area contributed by atoms with Crippen LogP contribution in [0.1, 0.15) is 17.3 Å². The molecule has 2 rings (SSSR count). The summed E-state index contributed by atoms with van der Waals surface area (Å²) in [5, 5.41) is 4.93. The van der Waals surface area contributed by atoms with Gasteiger partial charge >= 0.3 is 0 Å². The van der Waals surface area contributed by atoms with Gasteiger partial charge < -0.3 is 10.6 Å². The molecule has 1 atom stereocenters. The van der Waals surface area contributed by atoms with Crippen LogP contribution < -0.4 is 5.73 Å². The molecule has 4 nitrogen and oxygen atoms in total. The van der Waals surface area contributed by atoms with Crippen LogP contribution in [-0.2, 0) is 6.54 Å². The Labute approximate surface area is 118 Å². The first-order valence-electron chi connectivity index (χ1n) is 6.26. The predicted molar refractivity (Wildman–Crippen MR) is 78.3 cm³/mol. The standard InChI is InChI=1S/C14H19ClN4/c1-18(2)8-9-19-14(12(15)10-17-19)13(16)11-6-4-3-5-7-11/h3-7,10,13H,8-9,16H2,1-2H3. The highest BCUT2D eigenvalue weighted by Gasteiger charge is 2.18. The minimum absolute atomic E-state index is 0.252. The Balaban J connectivity index is 2.26. The van der Waals surface area contributed by atoms with Crippen LogP contribution in [0.15, 0.2) is 36.5 Å². The molecule has 19 heavy (non-hydrogen) atoms. The molecule has 1 heterocycles. The van der Waals surface area contributed by atoms with Gasteiger partial charge in [-0.25, -0.2) is 0 Å². The fraction of sp³-hybridized carbons (Fsp3) is 0.357. The number of rotatable bonds is 5. The SMILES string of the molecule is CN(C)CCn1ncc(Cl)c1C(N)c1ccccc1. The lowest BCUT2D eigenvalue weighted by molar-refractivity contribution is 0.368. The highest BCUT2D eigenvalue weighted by atomic mass is 35.5. The maximum Gasteiger partial charge on any atom is 0.0837 e. The van der Waals surface area contributed by atoms with Gasteiger partial charge in [-0.15, -0.1) is 0 Å². The first kappa shape index (κ1) is 14.1. The van der Waals surface area contributed by atoms with Crippen molar-refractivity contribution in [2.45, 2.75) is 12.6 Å². The number of halogens is 1. The van der Waals surface area contributed by atoms with E-state index in [4.69, 9.17) is 17.3 Å². The van der Waals surface area contributed by atoms with Gasteiger partial charge in [0.15, 0.2) is 0 Å². The Kier molecular flexibility index (Phi) is 4.58. The van der Waals surface area contributed by atoms with Crippen molar-refractivity contribution in [1.29, 1.82) is 0 Å². The van der Waals surface area contributed by atoms with Crippen LogP contribution in [0.3, 0.4) is 0 Å². The second-order valence-electron chi connectivity index (χ2n) is 4.79. The first-order valence-corrected chi connectivity index (χ1v) is 6.64. The summed E-state index contributed by atoms with van der Waals surface area (Å²) >= 11 is 6.23. The average Bonchev–Trinajstić information content (AvgIpc) is 2.78. The molecule has 0 radical (unpaired) electrons. The average molecular weight is 279 g/mol. The third-order valence-electron chi connectivity index (χ3n) is 3.05. The zero-order chi connectivity index (χ0) is 13.8. The van der Waals surface area contributed by atoms with E-state index in [-0.39, 0.29) is 6.04 Å². The Morgan fingerprint density at radius 3 is 2.63 bits per heavy atom. The van der Waals surface area contributed by atoms with E-state index in [2.05, 4.69) is 10.00 Å². The number of hydrogen-bond acceptors (Lipinski definition) is 3. The van der Waals surface area contributed by atoms with Crippen LogP contribution in [0.2, 0.25) is 5.02 Å². The van der Waals surface area contributed by atoms with Crippen molar-refractivity contribution < 1.29 is 0 Å². The van der Waals surface area contributed by atoms with Gasteiger partial charge in [-0.2, -0.15) is 5.10 Å². The fourth-order valence-corrected chi connectivity index (χ4v) is 2.23. The summed E-state index contributed by atoms with van der Waals surface area (Å²) in [6, 6.07) is 9.68. The minimum atomic E-state index is -0.252. The molecule has 0 aliphatic carbocycles. The smallest absolute Gasteiger partial charge is 0.0837 e.